The second-order valence-electron chi connectivity index (χ2n) is 9.80. The summed E-state index contributed by atoms with van der Waals surface area (Å²) in [6.07, 6.45) is 3.84. The van der Waals surface area contributed by atoms with Crippen molar-refractivity contribution in [3.8, 4) is 0 Å². The quantitative estimate of drug-likeness (QED) is 0.179. The Morgan fingerprint density at radius 3 is 2.10 bits per heavy atom. The predicted octanol–water partition coefficient (Wildman–Crippen LogP) is 6.89. The fraction of sp³-hybridized carbons (Fsp3) is 0.533. The molecule has 12 heteroatoms. The van der Waals surface area contributed by atoms with Gasteiger partial charge in [0.25, 0.3) is 0 Å². The molecule has 0 spiro atoms. The van der Waals surface area contributed by atoms with Crippen molar-refractivity contribution in [3.63, 3.8) is 0 Å². The molecule has 1 aliphatic heterocycles. The van der Waals surface area contributed by atoms with Gasteiger partial charge < -0.3 is 14.8 Å². The van der Waals surface area contributed by atoms with Gasteiger partial charge >= 0.3 is 18.3 Å². The maximum Gasteiger partial charge on any atom is 0.416 e. The minimum absolute atomic E-state index is 0.00940. The number of carbonyl (C=O) groups excluding carboxylic acids is 2. The van der Waals surface area contributed by atoms with E-state index in [1.165, 1.54) is 27.9 Å². The van der Waals surface area contributed by atoms with Crippen LogP contribution >= 0.6 is 0 Å². The van der Waals surface area contributed by atoms with Gasteiger partial charge in [-0.05, 0) is 50.5 Å². The third-order valence-electron chi connectivity index (χ3n) is 6.42. The molecule has 1 N–H and O–H groups in total. The van der Waals surface area contributed by atoms with Gasteiger partial charge in [0.05, 0.1) is 23.8 Å². The van der Waals surface area contributed by atoms with Crippen LogP contribution < -0.4 is 5.32 Å². The molecular formula is C30H40F6N2O4. The van der Waals surface area contributed by atoms with Crippen LogP contribution in [0.25, 0.3) is 0 Å². The smallest absolute Gasteiger partial charge is 0.416 e. The van der Waals surface area contributed by atoms with Gasteiger partial charge in [-0.2, -0.15) is 26.3 Å². The highest BCUT2D eigenvalue weighted by Crippen LogP contribution is 2.37. The van der Waals surface area contributed by atoms with E-state index in [9.17, 15) is 35.9 Å². The van der Waals surface area contributed by atoms with E-state index in [1.54, 1.807) is 0 Å². The summed E-state index contributed by atoms with van der Waals surface area (Å²) in [6, 6.07) is 1.75. The number of ether oxygens (including phenoxy) is 2. The molecule has 1 aromatic rings. The zero-order valence-electron chi connectivity index (χ0n) is 24.5. The van der Waals surface area contributed by atoms with E-state index in [2.05, 4.69) is 22.4 Å². The fourth-order valence-electron chi connectivity index (χ4n) is 4.15. The molecule has 0 aliphatic carbocycles. The second-order valence-corrected chi connectivity index (χ2v) is 9.80. The first kappa shape index (κ1) is 36.9. The zero-order chi connectivity index (χ0) is 31.9. The van der Waals surface area contributed by atoms with E-state index in [1.807, 2.05) is 31.2 Å². The largest absolute Gasteiger partial charge is 0.466 e. The number of allylic oxidation sites excluding steroid dienone is 5. The van der Waals surface area contributed by atoms with Gasteiger partial charge in [0.1, 0.15) is 0 Å². The molecule has 1 fully saturated rings. The van der Waals surface area contributed by atoms with Crippen LogP contribution in [-0.2, 0) is 31.4 Å². The summed E-state index contributed by atoms with van der Waals surface area (Å²) in [4.78, 5) is 24.4. The number of esters is 1. The van der Waals surface area contributed by atoms with Crippen LogP contribution in [0.15, 0.2) is 54.7 Å². The summed E-state index contributed by atoms with van der Waals surface area (Å²) in [6.45, 7) is 9.11. The highest BCUT2D eigenvalue weighted by molar-refractivity contribution is 5.72. The van der Waals surface area contributed by atoms with Crippen LogP contribution in [0.2, 0.25) is 0 Å². The van der Waals surface area contributed by atoms with Crippen LogP contribution in [0.5, 0.6) is 0 Å². The Morgan fingerprint density at radius 2 is 1.60 bits per heavy atom. The predicted molar refractivity (Wildman–Crippen MR) is 148 cm³/mol. The number of hydrogen-bond donors (Lipinski definition) is 1. The number of amides is 1. The lowest BCUT2D eigenvalue weighted by Crippen LogP contribution is -2.46. The number of nitrogens with one attached hydrogen (secondary N) is 1. The maximum atomic E-state index is 12.5. The molecule has 3 atom stereocenters. The second kappa shape index (κ2) is 17.7. The Balaban J connectivity index is 0.000000437. The lowest BCUT2D eigenvalue weighted by atomic mass is 9.93. The molecule has 2 rings (SSSR count). The molecule has 1 aliphatic rings. The molecule has 42 heavy (non-hydrogen) atoms. The maximum absolute atomic E-state index is 12.5. The highest BCUT2D eigenvalue weighted by atomic mass is 19.4. The average molecular weight is 607 g/mol. The monoisotopic (exact) mass is 606 g/mol. The number of alkyl halides is 6. The molecule has 0 bridgehead atoms. The summed E-state index contributed by atoms with van der Waals surface area (Å²) < 4.78 is 84.9. The molecule has 6 nitrogen and oxygen atoms in total. The Labute approximate surface area is 243 Å². The van der Waals surface area contributed by atoms with Crippen molar-refractivity contribution in [1.82, 2.24) is 10.2 Å². The van der Waals surface area contributed by atoms with Gasteiger partial charge in [-0.3, -0.25) is 14.5 Å². The summed E-state index contributed by atoms with van der Waals surface area (Å²) in [7, 11) is 1.21. The Bertz CT molecular complexity index is 1050. The van der Waals surface area contributed by atoms with Gasteiger partial charge in [0, 0.05) is 52.6 Å². The molecule has 1 amide bonds. The van der Waals surface area contributed by atoms with Crippen LogP contribution in [0, 0.1) is 5.92 Å². The van der Waals surface area contributed by atoms with Gasteiger partial charge in [-0.15, -0.1) is 0 Å². The lowest BCUT2D eigenvalue weighted by Gasteiger charge is -2.38. The topological polar surface area (TPSA) is 67.9 Å². The molecule has 0 unspecified atom stereocenters. The van der Waals surface area contributed by atoms with Crippen molar-refractivity contribution in [1.29, 1.82) is 0 Å². The van der Waals surface area contributed by atoms with E-state index in [0.717, 1.165) is 25.9 Å². The van der Waals surface area contributed by atoms with Gasteiger partial charge in [-0.25, -0.2) is 0 Å². The molecular weight excluding hydrogens is 566 g/mol. The Hall–Kier alpha value is -3.12. The third kappa shape index (κ3) is 14.2. The molecule has 0 saturated carbocycles. The highest BCUT2D eigenvalue weighted by Gasteiger charge is 2.37. The van der Waals surface area contributed by atoms with Gasteiger partial charge in [0.15, 0.2) is 0 Å². The first-order valence-electron chi connectivity index (χ1n) is 13.5. The van der Waals surface area contributed by atoms with Crippen molar-refractivity contribution < 1.29 is 45.4 Å². The first-order chi connectivity index (χ1) is 19.6. The van der Waals surface area contributed by atoms with Crippen LogP contribution in [0.4, 0.5) is 26.3 Å². The first-order valence-corrected chi connectivity index (χ1v) is 13.5. The number of halogens is 6. The standard InChI is InChI=1S/C19H30N2O3.C11H10F6O/c1-4-5-6-7-8-9-19-11-10-18(15-24-17(3)23)14-21(19)13-12-20-16(2)22;1-6(18-2)7-3-8(10(12,13)14)5-9(4-7)11(15,16)17/h4-9,18-19H,10-15H2,1-3H3,(H,20,22);3-6H,1-2H3/b5-4-,7-6-,9-8+;/t18-,19+;6-/m01/s1. The average Bonchev–Trinajstić information content (AvgIpc) is 2.91. The zero-order valence-corrected chi connectivity index (χ0v) is 24.5. The fourth-order valence-corrected chi connectivity index (χ4v) is 4.15. The van der Waals surface area contributed by atoms with Crippen molar-refractivity contribution in [2.24, 2.45) is 5.92 Å². The summed E-state index contributed by atoms with van der Waals surface area (Å²) in [5.41, 5.74) is -2.84. The van der Waals surface area contributed by atoms with Crippen molar-refractivity contribution in [2.45, 2.75) is 65.0 Å². The summed E-state index contributed by atoms with van der Waals surface area (Å²) in [5, 5.41) is 2.85. The Kier molecular flexibility index (Phi) is 15.6. The van der Waals surface area contributed by atoms with Crippen LogP contribution in [-0.4, -0.2) is 56.2 Å². The van der Waals surface area contributed by atoms with Gasteiger partial charge in [0.2, 0.25) is 5.91 Å². The molecule has 1 saturated heterocycles. The minimum atomic E-state index is -4.83. The number of hydrogen-bond acceptors (Lipinski definition) is 5. The normalized spacial score (nSPS) is 19.1. The van der Waals surface area contributed by atoms with Crippen LogP contribution in [0.3, 0.4) is 0 Å². The van der Waals surface area contributed by atoms with Gasteiger partial charge in [-0.1, -0.05) is 36.5 Å². The van der Waals surface area contributed by atoms with Crippen molar-refractivity contribution in [3.05, 3.63) is 71.3 Å². The van der Waals surface area contributed by atoms with Crippen molar-refractivity contribution >= 4 is 11.9 Å². The molecule has 1 aromatic carbocycles. The Morgan fingerprint density at radius 1 is 1.00 bits per heavy atom. The van der Waals surface area contributed by atoms with E-state index in [4.69, 9.17) is 9.47 Å². The summed E-state index contributed by atoms with van der Waals surface area (Å²) in [5.74, 6) is 0.121. The molecule has 0 aromatic heterocycles. The molecule has 0 radical (unpaired) electrons. The number of methoxy groups -OCH3 is 1. The third-order valence-corrected chi connectivity index (χ3v) is 6.42. The number of nitrogens with zero attached hydrogens (tertiary/aromatic N) is 1. The SMILES string of the molecule is CO[C@H](C)c1cc(C(F)(F)F)cc(C(F)(F)F)c1.C\C=C/C=C\C=C\[C@@H]1CC[C@H](COC(C)=O)CN1CCNC(C)=O. The van der Waals surface area contributed by atoms with Crippen molar-refractivity contribution in [2.75, 3.05) is 33.4 Å². The number of likely N-dealkylation sites (tertiary alicyclic amines) is 1. The van der Waals surface area contributed by atoms with E-state index in [-0.39, 0.29) is 23.5 Å². The van der Waals surface area contributed by atoms with Crippen LogP contribution in [0.1, 0.15) is 63.3 Å². The summed E-state index contributed by atoms with van der Waals surface area (Å²) >= 11 is 0. The number of carbonyl (C=O) groups is 2. The van der Waals surface area contributed by atoms with E-state index >= 15 is 0 Å². The lowest BCUT2D eigenvalue weighted by molar-refractivity contribution is -0.144. The van der Waals surface area contributed by atoms with E-state index < -0.39 is 29.6 Å². The minimum Gasteiger partial charge on any atom is -0.466 e. The van der Waals surface area contributed by atoms with E-state index in [0.29, 0.717) is 37.2 Å². The number of rotatable bonds is 10. The molecule has 1 heterocycles. The number of piperidine rings is 1. The number of benzene rings is 1. The molecule has 236 valence electrons.